The first-order valence-electron chi connectivity index (χ1n) is 5.12. The number of carbonyl (C=O) groups excluding carboxylic acids is 3. The molecule has 90 valence electrons. The smallest absolute Gasteiger partial charge is 0.312 e. The van der Waals surface area contributed by atoms with E-state index in [9.17, 15) is 14.4 Å². The third-order valence-corrected chi connectivity index (χ3v) is 2.35. The molecular weight excluding hydrogens is 212 g/mol. The van der Waals surface area contributed by atoms with Crippen molar-refractivity contribution in [1.29, 1.82) is 0 Å². The van der Waals surface area contributed by atoms with Crippen molar-refractivity contribution in [3.63, 3.8) is 0 Å². The van der Waals surface area contributed by atoms with Crippen molar-refractivity contribution < 1.29 is 14.4 Å². The lowest BCUT2D eigenvalue weighted by molar-refractivity contribution is -0.132. The fourth-order valence-electron chi connectivity index (χ4n) is 1.54. The Morgan fingerprint density at radius 3 is 2.81 bits per heavy atom. The maximum absolute atomic E-state index is 11.8. The number of primary amides is 1. The summed E-state index contributed by atoms with van der Waals surface area (Å²) in [7, 11) is 0. The van der Waals surface area contributed by atoms with Crippen molar-refractivity contribution in [3.05, 3.63) is 0 Å². The van der Waals surface area contributed by atoms with Crippen molar-refractivity contribution in [2.75, 3.05) is 19.6 Å². The van der Waals surface area contributed by atoms with Gasteiger partial charge in [-0.15, -0.1) is 0 Å². The van der Waals surface area contributed by atoms with Gasteiger partial charge in [-0.25, -0.2) is 4.79 Å². The topological polar surface area (TPSA) is 105 Å². The summed E-state index contributed by atoms with van der Waals surface area (Å²) in [5, 5.41) is 4.98. The average Bonchev–Trinajstić information content (AvgIpc) is 2.41. The van der Waals surface area contributed by atoms with Gasteiger partial charge < -0.3 is 21.3 Å². The van der Waals surface area contributed by atoms with Crippen LogP contribution in [0.4, 0.5) is 4.79 Å². The van der Waals surface area contributed by atoms with Crippen LogP contribution >= 0.6 is 0 Å². The Labute approximate surface area is 93.3 Å². The van der Waals surface area contributed by atoms with E-state index in [0.717, 1.165) is 0 Å². The molecule has 1 aliphatic heterocycles. The predicted octanol–water partition coefficient (Wildman–Crippen LogP) is -1.61. The van der Waals surface area contributed by atoms with Crippen LogP contribution in [0.2, 0.25) is 0 Å². The maximum atomic E-state index is 11.8. The molecule has 4 amide bonds. The Morgan fingerprint density at radius 1 is 1.50 bits per heavy atom. The molecule has 1 unspecified atom stereocenters. The Balaban J connectivity index is 2.52. The van der Waals surface area contributed by atoms with Crippen LogP contribution in [0.5, 0.6) is 0 Å². The second-order valence-corrected chi connectivity index (χ2v) is 3.66. The van der Waals surface area contributed by atoms with Gasteiger partial charge in [-0.1, -0.05) is 0 Å². The molecule has 7 nitrogen and oxygen atoms in total. The Hall–Kier alpha value is -1.79. The molecule has 0 aliphatic carbocycles. The molecule has 16 heavy (non-hydrogen) atoms. The summed E-state index contributed by atoms with van der Waals surface area (Å²) in [5.41, 5.74) is 4.93. The van der Waals surface area contributed by atoms with Crippen molar-refractivity contribution in [2.45, 2.75) is 19.4 Å². The Kier molecular flexibility index (Phi) is 4.10. The minimum Gasteiger partial charge on any atom is -0.354 e. The van der Waals surface area contributed by atoms with E-state index in [1.807, 2.05) is 0 Å². The monoisotopic (exact) mass is 228 g/mol. The van der Waals surface area contributed by atoms with Crippen LogP contribution in [0, 0.1) is 0 Å². The Morgan fingerprint density at radius 2 is 2.19 bits per heavy atom. The van der Waals surface area contributed by atoms with Gasteiger partial charge in [-0.2, -0.15) is 0 Å². The van der Waals surface area contributed by atoms with Crippen molar-refractivity contribution in [1.82, 2.24) is 15.5 Å². The van der Waals surface area contributed by atoms with E-state index < -0.39 is 12.1 Å². The molecule has 7 heteroatoms. The molecule has 1 aliphatic rings. The molecule has 1 rings (SSSR count). The zero-order valence-electron chi connectivity index (χ0n) is 9.16. The number of nitrogens with two attached hydrogens (primary N) is 1. The first kappa shape index (κ1) is 12.3. The van der Waals surface area contributed by atoms with Gasteiger partial charge in [0.25, 0.3) is 0 Å². The van der Waals surface area contributed by atoms with Gasteiger partial charge in [0.2, 0.25) is 11.8 Å². The molecule has 4 N–H and O–H groups in total. The number of rotatable bonds is 2. The fraction of sp³-hybridized carbons (Fsp3) is 0.667. The second-order valence-electron chi connectivity index (χ2n) is 3.66. The molecule has 0 bridgehead atoms. The first-order chi connectivity index (χ1) is 7.50. The number of hydrogen-bond acceptors (Lipinski definition) is 3. The standard InChI is InChI=1S/C9H16N4O3/c1-6(12-9(10)16)8(15)13-4-2-7(14)11-3-5-13/h6H,2-5H2,1H3,(H,11,14)(H3,10,12,16). The Bertz CT molecular complexity index is 305. The van der Waals surface area contributed by atoms with E-state index >= 15 is 0 Å². The second kappa shape index (κ2) is 5.34. The van der Waals surface area contributed by atoms with Gasteiger partial charge in [0.05, 0.1) is 0 Å². The van der Waals surface area contributed by atoms with Gasteiger partial charge in [0.15, 0.2) is 0 Å². The third kappa shape index (κ3) is 3.41. The summed E-state index contributed by atoms with van der Waals surface area (Å²) in [5.74, 6) is -0.291. The predicted molar refractivity (Wildman–Crippen MR) is 56.4 cm³/mol. The van der Waals surface area contributed by atoms with Crippen molar-refractivity contribution >= 4 is 17.8 Å². The van der Waals surface area contributed by atoms with Crippen LogP contribution in [-0.2, 0) is 9.59 Å². The zero-order valence-corrected chi connectivity index (χ0v) is 9.16. The van der Waals surface area contributed by atoms with Crippen molar-refractivity contribution in [2.24, 2.45) is 5.73 Å². The largest absolute Gasteiger partial charge is 0.354 e. The van der Waals surface area contributed by atoms with E-state index in [-0.39, 0.29) is 18.2 Å². The van der Waals surface area contributed by atoms with E-state index in [0.29, 0.717) is 19.6 Å². The highest BCUT2D eigenvalue weighted by Gasteiger charge is 2.23. The molecular formula is C9H16N4O3. The third-order valence-electron chi connectivity index (χ3n) is 2.35. The number of nitrogens with one attached hydrogen (secondary N) is 2. The minimum absolute atomic E-state index is 0.0641. The van der Waals surface area contributed by atoms with Crippen molar-refractivity contribution in [3.8, 4) is 0 Å². The number of nitrogens with zero attached hydrogens (tertiary/aromatic N) is 1. The number of amides is 4. The average molecular weight is 228 g/mol. The highest BCUT2D eigenvalue weighted by atomic mass is 16.2. The molecule has 0 saturated carbocycles. The molecule has 0 radical (unpaired) electrons. The maximum Gasteiger partial charge on any atom is 0.312 e. The quantitative estimate of drug-likeness (QED) is 0.529. The van der Waals surface area contributed by atoms with Crippen LogP contribution < -0.4 is 16.4 Å². The van der Waals surface area contributed by atoms with Gasteiger partial charge in [-0.05, 0) is 6.92 Å². The van der Waals surface area contributed by atoms with Crippen LogP contribution in [0.1, 0.15) is 13.3 Å². The summed E-state index contributed by atoms with van der Waals surface area (Å²) < 4.78 is 0. The van der Waals surface area contributed by atoms with E-state index in [1.165, 1.54) is 0 Å². The molecule has 0 aromatic rings. The molecule has 0 aromatic carbocycles. The number of hydrogen-bond donors (Lipinski definition) is 3. The lowest BCUT2D eigenvalue weighted by Gasteiger charge is -2.23. The number of carbonyl (C=O) groups is 3. The number of urea groups is 1. The SMILES string of the molecule is CC(NC(N)=O)C(=O)N1CCNC(=O)CC1. The molecule has 1 fully saturated rings. The van der Waals surface area contributed by atoms with Gasteiger partial charge in [0, 0.05) is 26.1 Å². The summed E-state index contributed by atoms with van der Waals surface area (Å²) in [6, 6.07) is -1.39. The fourth-order valence-corrected chi connectivity index (χ4v) is 1.54. The summed E-state index contributed by atoms with van der Waals surface area (Å²) in [4.78, 5) is 35.0. The first-order valence-corrected chi connectivity index (χ1v) is 5.12. The van der Waals surface area contributed by atoms with Gasteiger partial charge in [0.1, 0.15) is 6.04 Å². The summed E-state index contributed by atoms with van der Waals surface area (Å²) in [6.45, 7) is 2.83. The van der Waals surface area contributed by atoms with Crippen LogP contribution in [-0.4, -0.2) is 48.4 Å². The van der Waals surface area contributed by atoms with Crippen LogP contribution in [0.15, 0.2) is 0 Å². The normalized spacial score (nSPS) is 18.3. The molecule has 1 heterocycles. The van der Waals surface area contributed by atoms with E-state index in [1.54, 1.807) is 11.8 Å². The van der Waals surface area contributed by atoms with E-state index in [4.69, 9.17) is 5.73 Å². The molecule has 0 spiro atoms. The van der Waals surface area contributed by atoms with Crippen LogP contribution in [0.25, 0.3) is 0 Å². The summed E-state index contributed by atoms with van der Waals surface area (Å²) >= 11 is 0. The highest BCUT2D eigenvalue weighted by Crippen LogP contribution is 2.00. The summed E-state index contributed by atoms with van der Waals surface area (Å²) in [6.07, 6.45) is 0.287. The lowest BCUT2D eigenvalue weighted by atomic mass is 10.2. The highest BCUT2D eigenvalue weighted by molar-refractivity contribution is 5.87. The molecule has 1 atom stereocenters. The lowest BCUT2D eigenvalue weighted by Crippen LogP contribution is -2.49. The molecule has 1 saturated heterocycles. The molecule has 0 aromatic heterocycles. The minimum atomic E-state index is -0.732. The zero-order chi connectivity index (χ0) is 12.1. The van der Waals surface area contributed by atoms with Crippen LogP contribution in [0.3, 0.4) is 0 Å². The van der Waals surface area contributed by atoms with Gasteiger partial charge in [-0.3, -0.25) is 9.59 Å². The van der Waals surface area contributed by atoms with Gasteiger partial charge >= 0.3 is 6.03 Å². The van der Waals surface area contributed by atoms with E-state index in [2.05, 4.69) is 10.6 Å².